The molecule has 0 saturated carbocycles. The maximum absolute atomic E-state index is 11.1. The second-order valence-electron chi connectivity index (χ2n) is 3.95. The molecule has 3 nitrogen and oxygen atoms in total. The number of carboxylic acids is 1. The number of pyridine rings is 1. The molecule has 1 aromatic carbocycles. The number of hydrogen-bond acceptors (Lipinski definition) is 2. The minimum atomic E-state index is -0.930. The summed E-state index contributed by atoms with van der Waals surface area (Å²) >= 11 is 0. The molecular formula is C14H13NO2. The monoisotopic (exact) mass is 227 g/mol. The molecule has 0 aliphatic rings. The van der Waals surface area contributed by atoms with Gasteiger partial charge in [-0.2, -0.15) is 0 Å². The van der Waals surface area contributed by atoms with Crippen molar-refractivity contribution in [2.75, 3.05) is 0 Å². The average Bonchev–Trinajstić information content (AvgIpc) is 2.32. The highest BCUT2D eigenvalue weighted by molar-refractivity contribution is 5.95. The number of carbonyl (C=O) groups is 1. The number of carboxylic acid groups (broad SMARTS) is 1. The van der Waals surface area contributed by atoms with E-state index in [2.05, 4.69) is 4.98 Å². The molecule has 3 heteroatoms. The second-order valence-corrected chi connectivity index (χ2v) is 3.95. The number of aromatic nitrogens is 1. The van der Waals surface area contributed by atoms with E-state index in [0.717, 1.165) is 11.3 Å². The molecule has 1 heterocycles. The van der Waals surface area contributed by atoms with Crippen LogP contribution < -0.4 is 0 Å². The smallest absolute Gasteiger partial charge is 0.336 e. The van der Waals surface area contributed by atoms with E-state index in [9.17, 15) is 4.79 Å². The Bertz CT molecular complexity index is 576. The van der Waals surface area contributed by atoms with Gasteiger partial charge in [-0.25, -0.2) is 4.79 Å². The van der Waals surface area contributed by atoms with E-state index in [1.165, 1.54) is 0 Å². The zero-order valence-electron chi connectivity index (χ0n) is 9.77. The fourth-order valence-corrected chi connectivity index (χ4v) is 1.67. The molecule has 0 amide bonds. The molecule has 1 aromatic heterocycles. The lowest BCUT2D eigenvalue weighted by Crippen LogP contribution is -2.00. The van der Waals surface area contributed by atoms with Crippen LogP contribution in [-0.2, 0) is 0 Å². The van der Waals surface area contributed by atoms with Gasteiger partial charge in [-0.05, 0) is 31.5 Å². The first-order chi connectivity index (χ1) is 8.09. The lowest BCUT2D eigenvalue weighted by atomic mass is 10.0. The predicted octanol–water partition coefficient (Wildman–Crippen LogP) is 3.06. The van der Waals surface area contributed by atoms with Crippen LogP contribution in [0.15, 0.2) is 36.4 Å². The maximum Gasteiger partial charge on any atom is 0.336 e. The molecule has 0 atom stereocenters. The van der Waals surface area contributed by atoms with E-state index in [0.29, 0.717) is 11.3 Å². The van der Waals surface area contributed by atoms with E-state index >= 15 is 0 Å². The van der Waals surface area contributed by atoms with Crippen LogP contribution in [0, 0.1) is 13.8 Å². The van der Waals surface area contributed by atoms with E-state index in [1.807, 2.05) is 32.0 Å². The molecule has 0 radical (unpaired) electrons. The highest BCUT2D eigenvalue weighted by Gasteiger charge is 2.11. The summed E-state index contributed by atoms with van der Waals surface area (Å²) in [6, 6.07) is 10.7. The molecule has 0 spiro atoms. The van der Waals surface area contributed by atoms with E-state index in [4.69, 9.17) is 5.11 Å². The van der Waals surface area contributed by atoms with Crippen LogP contribution in [0.25, 0.3) is 11.3 Å². The van der Waals surface area contributed by atoms with Crippen molar-refractivity contribution in [3.8, 4) is 11.3 Å². The molecule has 2 aromatic rings. The minimum Gasteiger partial charge on any atom is -0.478 e. The summed E-state index contributed by atoms with van der Waals surface area (Å²) in [5.41, 5.74) is 3.65. The Hall–Kier alpha value is -2.16. The minimum absolute atomic E-state index is 0.281. The van der Waals surface area contributed by atoms with Gasteiger partial charge >= 0.3 is 5.97 Å². The highest BCUT2D eigenvalue weighted by atomic mass is 16.4. The number of nitrogens with zero attached hydrogens (tertiary/aromatic N) is 1. The van der Waals surface area contributed by atoms with Crippen molar-refractivity contribution in [3.05, 3.63) is 53.2 Å². The third kappa shape index (κ3) is 2.18. The SMILES string of the molecule is Cc1ccc(-c2ccccc2C(=O)O)nc1C. The molecule has 0 aliphatic carbocycles. The third-order valence-corrected chi connectivity index (χ3v) is 2.78. The molecule has 0 bridgehead atoms. The lowest BCUT2D eigenvalue weighted by Gasteiger charge is -2.07. The van der Waals surface area contributed by atoms with Crippen LogP contribution in [0.1, 0.15) is 21.6 Å². The molecule has 86 valence electrons. The average molecular weight is 227 g/mol. The zero-order chi connectivity index (χ0) is 12.4. The highest BCUT2D eigenvalue weighted by Crippen LogP contribution is 2.22. The summed E-state index contributed by atoms with van der Waals surface area (Å²) in [7, 11) is 0. The quantitative estimate of drug-likeness (QED) is 0.857. The second kappa shape index (κ2) is 4.37. The topological polar surface area (TPSA) is 50.2 Å². The number of aromatic carboxylic acids is 1. The Kier molecular flexibility index (Phi) is 2.91. The Morgan fingerprint density at radius 2 is 1.82 bits per heavy atom. The first-order valence-electron chi connectivity index (χ1n) is 5.36. The predicted molar refractivity (Wildman–Crippen MR) is 66.1 cm³/mol. The fraction of sp³-hybridized carbons (Fsp3) is 0.143. The van der Waals surface area contributed by atoms with Gasteiger partial charge in [-0.15, -0.1) is 0 Å². The summed E-state index contributed by atoms with van der Waals surface area (Å²) in [4.78, 5) is 15.5. The molecule has 17 heavy (non-hydrogen) atoms. The van der Waals surface area contributed by atoms with Crippen molar-refractivity contribution in [1.29, 1.82) is 0 Å². The number of benzene rings is 1. The molecule has 0 unspecified atom stereocenters. The molecule has 0 aliphatic heterocycles. The van der Waals surface area contributed by atoms with Gasteiger partial charge in [0.2, 0.25) is 0 Å². The van der Waals surface area contributed by atoms with Crippen LogP contribution in [-0.4, -0.2) is 16.1 Å². The Morgan fingerprint density at radius 1 is 1.12 bits per heavy atom. The lowest BCUT2D eigenvalue weighted by molar-refractivity contribution is 0.0697. The first-order valence-corrected chi connectivity index (χ1v) is 5.36. The maximum atomic E-state index is 11.1. The van der Waals surface area contributed by atoms with Gasteiger partial charge in [0.05, 0.1) is 11.3 Å². The van der Waals surface area contributed by atoms with Gasteiger partial charge in [-0.1, -0.05) is 24.3 Å². The largest absolute Gasteiger partial charge is 0.478 e. The van der Waals surface area contributed by atoms with Crippen molar-refractivity contribution >= 4 is 5.97 Å². The van der Waals surface area contributed by atoms with Crippen molar-refractivity contribution in [1.82, 2.24) is 4.98 Å². The first kappa shape index (κ1) is 11.3. The standard InChI is InChI=1S/C14H13NO2/c1-9-7-8-13(15-10(9)2)11-5-3-4-6-12(11)14(16)17/h3-8H,1-2H3,(H,16,17). The van der Waals surface area contributed by atoms with Crippen molar-refractivity contribution in [2.45, 2.75) is 13.8 Å². The summed E-state index contributed by atoms with van der Waals surface area (Å²) in [6.07, 6.45) is 0. The van der Waals surface area contributed by atoms with E-state index < -0.39 is 5.97 Å². The number of rotatable bonds is 2. The third-order valence-electron chi connectivity index (χ3n) is 2.78. The van der Waals surface area contributed by atoms with Crippen LogP contribution in [0.4, 0.5) is 0 Å². The number of aryl methyl sites for hydroxylation is 2. The fourth-order valence-electron chi connectivity index (χ4n) is 1.67. The van der Waals surface area contributed by atoms with E-state index in [-0.39, 0.29) is 5.56 Å². The van der Waals surface area contributed by atoms with Gasteiger partial charge in [0.15, 0.2) is 0 Å². The Balaban J connectivity index is 2.60. The van der Waals surface area contributed by atoms with Crippen molar-refractivity contribution < 1.29 is 9.90 Å². The Labute approximate surface area is 99.8 Å². The van der Waals surface area contributed by atoms with Crippen LogP contribution >= 0.6 is 0 Å². The van der Waals surface area contributed by atoms with Crippen molar-refractivity contribution in [3.63, 3.8) is 0 Å². The van der Waals surface area contributed by atoms with Gasteiger partial charge in [0.1, 0.15) is 0 Å². The summed E-state index contributed by atoms with van der Waals surface area (Å²) in [6.45, 7) is 3.90. The normalized spacial score (nSPS) is 10.2. The van der Waals surface area contributed by atoms with Gasteiger partial charge in [-0.3, -0.25) is 4.98 Å². The summed E-state index contributed by atoms with van der Waals surface area (Å²) in [5.74, 6) is -0.930. The molecular weight excluding hydrogens is 214 g/mol. The zero-order valence-corrected chi connectivity index (χ0v) is 9.77. The van der Waals surface area contributed by atoms with Crippen LogP contribution in [0.3, 0.4) is 0 Å². The summed E-state index contributed by atoms with van der Waals surface area (Å²) < 4.78 is 0. The molecule has 0 saturated heterocycles. The summed E-state index contributed by atoms with van der Waals surface area (Å²) in [5, 5.41) is 9.12. The van der Waals surface area contributed by atoms with E-state index in [1.54, 1.807) is 18.2 Å². The van der Waals surface area contributed by atoms with Crippen LogP contribution in [0.2, 0.25) is 0 Å². The number of hydrogen-bond donors (Lipinski definition) is 1. The molecule has 1 N–H and O–H groups in total. The molecule has 0 fully saturated rings. The Morgan fingerprint density at radius 3 is 2.47 bits per heavy atom. The van der Waals surface area contributed by atoms with Gasteiger partial charge in [0, 0.05) is 11.3 Å². The molecule has 2 rings (SSSR count). The van der Waals surface area contributed by atoms with Crippen molar-refractivity contribution in [2.24, 2.45) is 0 Å². The van der Waals surface area contributed by atoms with Crippen LogP contribution in [0.5, 0.6) is 0 Å². The van der Waals surface area contributed by atoms with Gasteiger partial charge in [0.25, 0.3) is 0 Å². The van der Waals surface area contributed by atoms with Gasteiger partial charge < -0.3 is 5.11 Å².